The van der Waals surface area contributed by atoms with Crippen LogP contribution in [0, 0.1) is 5.82 Å². The van der Waals surface area contributed by atoms with Crippen molar-refractivity contribution in [1.29, 1.82) is 0 Å². The van der Waals surface area contributed by atoms with E-state index < -0.39 is 0 Å². The predicted octanol–water partition coefficient (Wildman–Crippen LogP) is 1.51. The predicted molar refractivity (Wildman–Crippen MR) is 85.6 cm³/mol. The van der Waals surface area contributed by atoms with Crippen molar-refractivity contribution in [3.05, 3.63) is 48.0 Å². The Bertz CT molecular complexity index is 656. The van der Waals surface area contributed by atoms with E-state index in [2.05, 4.69) is 20.2 Å². The minimum atomic E-state index is -0.243. The highest BCUT2D eigenvalue weighted by atomic mass is 19.1. The first-order chi connectivity index (χ1) is 11.2. The lowest BCUT2D eigenvalue weighted by molar-refractivity contribution is -0.118. The van der Waals surface area contributed by atoms with Gasteiger partial charge in [-0.3, -0.25) is 4.79 Å². The number of nitrogens with one attached hydrogen (secondary N) is 1. The Morgan fingerprint density at radius 2 is 1.87 bits per heavy atom. The Kier molecular flexibility index (Phi) is 4.65. The molecule has 2 aromatic rings. The molecule has 0 radical (unpaired) electrons. The summed E-state index contributed by atoms with van der Waals surface area (Å²) < 4.78 is 12.9. The lowest BCUT2D eigenvalue weighted by Crippen LogP contribution is -2.46. The number of piperazine rings is 1. The molecule has 7 heteroatoms. The fourth-order valence-electron chi connectivity index (χ4n) is 2.47. The molecule has 1 amide bonds. The summed E-state index contributed by atoms with van der Waals surface area (Å²) in [5, 5.41) is 3.21. The highest BCUT2D eigenvalue weighted by Crippen LogP contribution is 2.16. The Morgan fingerprint density at radius 3 is 2.57 bits per heavy atom. The highest BCUT2D eigenvalue weighted by Gasteiger charge is 2.17. The van der Waals surface area contributed by atoms with Gasteiger partial charge in [-0.1, -0.05) is 12.1 Å². The van der Waals surface area contributed by atoms with Crippen LogP contribution in [0.25, 0.3) is 0 Å². The largest absolute Gasteiger partial charge is 0.366 e. The summed E-state index contributed by atoms with van der Waals surface area (Å²) >= 11 is 0. The summed E-state index contributed by atoms with van der Waals surface area (Å²) in [6.45, 7) is 3.48. The number of benzene rings is 1. The average molecular weight is 315 g/mol. The third-order valence-corrected chi connectivity index (χ3v) is 3.83. The summed E-state index contributed by atoms with van der Waals surface area (Å²) in [4.78, 5) is 23.1. The van der Waals surface area contributed by atoms with Crippen molar-refractivity contribution >= 4 is 18.0 Å². The molecule has 0 bridgehead atoms. The van der Waals surface area contributed by atoms with Crippen molar-refractivity contribution in [1.82, 2.24) is 14.9 Å². The molecule has 0 aliphatic carbocycles. The summed E-state index contributed by atoms with van der Waals surface area (Å²) in [5.74, 6) is 1.32. The van der Waals surface area contributed by atoms with Crippen molar-refractivity contribution in [2.24, 2.45) is 0 Å². The van der Waals surface area contributed by atoms with E-state index >= 15 is 0 Å². The maximum atomic E-state index is 12.9. The molecule has 1 fully saturated rings. The number of hydrogen-bond donors (Lipinski definition) is 1. The Morgan fingerprint density at radius 1 is 1.13 bits per heavy atom. The maximum Gasteiger partial charge on any atom is 0.209 e. The maximum absolute atomic E-state index is 12.9. The molecule has 1 aromatic carbocycles. The van der Waals surface area contributed by atoms with Crippen molar-refractivity contribution in [2.45, 2.75) is 6.54 Å². The fourth-order valence-corrected chi connectivity index (χ4v) is 2.47. The third-order valence-electron chi connectivity index (χ3n) is 3.83. The van der Waals surface area contributed by atoms with E-state index in [0.29, 0.717) is 19.6 Å². The van der Waals surface area contributed by atoms with Gasteiger partial charge in [0.25, 0.3) is 0 Å². The van der Waals surface area contributed by atoms with Crippen molar-refractivity contribution in [3.63, 3.8) is 0 Å². The van der Waals surface area contributed by atoms with Crippen LogP contribution < -0.4 is 10.2 Å². The van der Waals surface area contributed by atoms with Gasteiger partial charge in [0.05, 0.1) is 0 Å². The minimum Gasteiger partial charge on any atom is -0.366 e. The van der Waals surface area contributed by atoms with E-state index in [4.69, 9.17) is 0 Å². The van der Waals surface area contributed by atoms with Crippen LogP contribution in [0.15, 0.2) is 36.7 Å². The zero-order valence-corrected chi connectivity index (χ0v) is 12.7. The van der Waals surface area contributed by atoms with E-state index in [0.717, 1.165) is 36.7 Å². The molecule has 0 spiro atoms. The SMILES string of the molecule is O=CN1CCN(c2cc(NCc3ccc(F)cc3)ncn2)CC1. The van der Waals surface area contributed by atoms with Crippen molar-refractivity contribution < 1.29 is 9.18 Å². The van der Waals surface area contributed by atoms with E-state index in [9.17, 15) is 9.18 Å². The van der Waals surface area contributed by atoms with Crippen LogP contribution in [-0.2, 0) is 11.3 Å². The molecule has 1 saturated heterocycles. The fraction of sp³-hybridized carbons (Fsp3) is 0.312. The number of halogens is 1. The summed E-state index contributed by atoms with van der Waals surface area (Å²) in [6.07, 6.45) is 2.40. The quantitative estimate of drug-likeness (QED) is 0.848. The van der Waals surface area contributed by atoms with Gasteiger partial charge in [-0.05, 0) is 17.7 Å². The smallest absolute Gasteiger partial charge is 0.209 e. The zero-order valence-electron chi connectivity index (χ0n) is 12.7. The van der Waals surface area contributed by atoms with Gasteiger partial charge in [0.1, 0.15) is 23.8 Å². The molecule has 3 rings (SSSR count). The molecule has 0 unspecified atom stereocenters. The monoisotopic (exact) mass is 315 g/mol. The number of aromatic nitrogens is 2. The molecule has 120 valence electrons. The van der Waals surface area contributed by atoms with E-state index in [1.165, 1.54) is 18.5 Å². The molecule has 1 N–H and O–H groups in total. The molecular formula is C16H18FN5O. The van der Waals surface area contributed by atoms with Crippen LogP contribution in [0.2, 0.25) is 0 Å². The number of nitrogens with zero attached hydrogens (tertiary/aromatic N) is 4. The van der Waals surface area contributed by atoms with Crippen LogP contribution in [0.3, 0.4) is 0 Å². The molecule has 1 aliphatic rings. The van der Waals surface area contributed by atoms with Crippen LogP contribution in [0.1, 0.15) is 5.56 Å². The second-order valence-electron chi connectivity index (χ2n) is 5.37. The van der Waals surface area contributed by atoms with Gasteiger partial charge in [-0.15, -0.1) is 0 Å². The Balaban J connectivity index is 1.61. The first-order valence-corrected chi connectivity index (χ1v) is 7.49. The standard InChI is InChI=1S/C16H18FN5O/c17-14-3-1-13(2-4-14)10-18-15-9-16(20-11-19-15)22-7-5-21(12-23)6-8-22/h1-4,9,11-12H,5-8,10H2,(H,18,19,20). The molecule has 0 atom stereocenters. The molecule has 1 aromatic heterocycles. The number of carbonyl (C=O) groups excluding carboxylic acids is 1. The van der Waals surface area contributed by atoms with Crippen molar-refractivity contribution in [3.8, 4) is 0 Å². The molecule has 23 heavy (non-hydrogen) atoms. The van der Waals surface area contributed by atoms with E-state index in [1.54, 1.807) is 17.0 Å². The van der Waals surface area contributed by atoms with Crippen LogP contribution in [0.4, 0.5) is 16.0 Å². The van der Waals surface area contributed by atoms with E-state index in [-0.39, 0.29) is 5.82 Å². The number of carbonyl (C=O) groups is 1. The lowest BCUT2D eigenvalue weighted by atomic mass is 10.2. The van der Waals surface area contributed by atoms with E-state index in [1.807, 2.05) is 6.07 Å². The highest BCUT2D eigenvalue weighted by molar-refractivity contribution is 5.51. The second-order valence-corrected chi connectivity index (χ2v) is 5.37. The Labute approximate surface area is 134 Å². The summed E-state index contributed by atoms with van der Waals surface area (Å²) in [6, 6.07) is 8.25. The number of rotatable bonds is 5. The van der Waals surface area contributed by atoms with Crippen molar-refractivity contribution in [2.75, 3.05) is 36.4 Å². The topological polar surface area (TPSA) is 61.4 Å². The number of hydrogen-bond acceptors (Lipinski definition) is 5. The molecule has 6 nitrogen and oxygen atoms in total. The zero-order chi connectivity index (χ0) is 16.1. The lowest BCUT2D eigenvalue weighted by Gasteiger charge is -2.33. The van der Waals surface area contributed by atoms with Crippen LogP contribution >= 0.6 is 0 Å². The molecule has 2 heterocycles. The summed E-state index contributed by atoms with van der Waals surface area (Å²) in [5.41, 5.74) is 0.978. The van der Waals surface area contributed by atoms with Gasteiger partial charge in [0.2, 0.25) is 6.41 Å². The Hall–Kier alpha value is -2.70. The number of amides is 1. The van der Waals surface area contributed by atoms with Gasteiger partial charge in [0.15, 0.2) is 0 Å². The molecule has 0 saturated carbocycles. The van der Waals surface area contributed by atoms with Crippen LogP contribution in [-0.4, -0.2) is 47.5 Å². The first kappa shape index (κ1) is 15.2. The van der Waals surface area contributed by atoms with Gasteiger partial charge < -0.3 is 15.1 Å². The normalized spacial score (nSPS) is 14.7. The van der Waals surface area contributed by atoms with Crippen LogP contribution in [0.5, 0.6) is 0 Å². The molecule has 1 aliphatic heterocycles. The average Bonchev–Trinajstić information content (AvgIpc) is 2.61. The molecular weight excluding hydrogens is 297 g/mol. The summed E-state index contributed by atoms with van der Waals surface area (Å²) in [7, 11) is 0. The number of anilines is 2. The first-order valence-electron chi connectivity index (χ1n) is 7.49. The minimum absolute atomic E-state index is 0.243. The third kappa shape index (κ3) is 3.94. The van der Waals surface area contributed by atoms with Gasteiger partial charge >= 0.3 is 0 Å². The van der Waals surface area contributed by atoms with Gasteiger partial charge in [-0.25, -0.2) is 14.4 Å². The second kappa shape index (κ2) is 7.04. The van der Waals surface area contributed by atoms with Gasteiger partial charge in [-0.2, -0.15) is 0 Å². The van der Waals surface area contributed by atoms with Gasteiger partial charge in [0, 0.05) is 38.8 Å².